The summed E-state index contributed by atoms with van der Waals surface area (Å²) in [7, 11) is 0. The largest absolute Gasteiger partial charge is 0.367 e. The summed E-state index contributed by atoms with van der Waals surface area (Å²) < 4.78 is 5.58. The van der Waals surface area contributed by atoms with E-state index < -0.39 is 12.0 Å². The van der Waals surface area contributed by atoms with Crippen LogP contribution in [0.1, 0.15) is 57.1 Å². The normalized spacial score (nSPS) is 12.3. The van der Waals surface area contributed by atoms with Crippen molar-refractivity contribution in [2.24, 2.45) is 5.73 Å². The first-order valence-electron chi connectivity index (χ1n) is 7.06. The predicted molar refractivity (Wildman–Crippen MR) is 75.5 cm³/mol. The molecule has 0 bridgehead atoms. The van der Waals surface area contributed by atoms with Crippen molar-refractivity contribution in [3.8, 4) is 0 Å². The van der Waals surface area contributed by atoms with Crippen molar-refractivity contribution in [2.45, 2.75) is 51.6 Å². The van der Waals surface area contributed by atoms with Gasteiger partial charge in [-0.2, -0.15) is 0 Å². The fourth-order valence-electron chi connectivity index (χ4n) is 1.96. The number of rotatable bonds is 10. The lowest BCUT2D eigenvalue weighted by Gasteiger charge is -2.14. The van der Waals surface area contributed by atoms with Crippen LogP contribution in [0.25, 0.3) is 0 Å². The zero-order valence-electron chi connectivity index (χ0n) is 11.7. The summed E-state index contributed by atoms with van der Waals surface area (Å²) in [6, 6.07) is 3.59. The number of unbranched alkanes of at least 4 members (excludes halogenated alkanes) is 5. The van der Waals surface area contributed by atoms with E-state index >= 15 is 0 Å². The third kappa shape index (κ3) is 6.34. The predicted octanol–water partition coefficient (Wildman–Crippen LogP) is 2.99. The molecule has 0 saturated heterocycles. The van der Waals surface area contributed by atoms with Gasteiger partial charge in [0.15, 0.2) is 6.10 Å². The van der Waals surface area contributed by atoms with Gasteiger partial charge in [0.25, 0.3) is 5.91 Å². The number of primary amides is 1. The summed E-state index contributed by atoms with van der Waals surface area (Å²) in [5.41, 5.74) is 6.08. The lowest BCUT2D eigenvalue weighted by molar-refractivity contribution is -0.130. The second-order valence-electron chi connectivity index (χ2n) is 4.71. The first kappa shape index (κ1) is 15.6. The van der Waals surface area contributed by atoms with E-state index in [-0.39, 0.29) is 0 Å². The van der Waals surface area contributed by atoms with Crippen molar-refractivity contribution in [1.82, 2.24) is 4.98 Å². The summed E-state index contributed by atoms with van der Waals surface area (Å²) in [6.07, 6.45) is 9.76. The van der Waals surface area contributed by atoms with E-state index in [1.165, 1.54) is 25.7 Å². The number of nitrogens with zero attached hydrogens (tertiary/aromatic N) is 1. The number of carbonyl (C=O) groups is 1. The smallest absolute Gasteiger partial charge is 0.251 e. The Morgan fingerprint density at radius 1 is 1.32 bits per heavy atom. The van der Waals surface area contributed by atoms with Gasteiger partial charge in [-0.1, -0.05) is 45.1 Å². The van der Waals surface area contributed by atoms with Crippen molar-refractivity contribution in [1.29, 1.82) is 0 Å². The van der Waals surface area contributed by atoms with Crippen molar-refractivity contribution in [3.63, 3.8) is 0 Å². The van der Waals surface area contributed by atoms with Crippen LogP contribution < -0.4 is 5.73 Å². The molecular weight excluding hydrogens is 240 g/mol. The number of pyridine rings is 1. The fourth-order valence-corrected chi connectivity index (χ4v) is 1.96. The minimum absolute atomic E-state index is 0.459. The van der Waals surface area contributed by atoms with E-state index in [1.807, 2.05) is 6.07 Å². The maximum atomic E-state index is 11.4. The molecule has 0 aromatic carbocycles. The van der Waals surface area contributed by atoms with Crippen molar-refractivity contribution < 1.29 is 9.53 Å². The van der Waals surface area contributed by atoms with Gasteiger partial charge >= 0.3 is 0 Å². The van der Waals surface area contributed by atoms with Crippen LogP contribution >= 0.6 is 0 Å². The number of hydrogen-bond donors (Lipinski definition) is 1. The Bertz CT molecular complexity index is 354. The van der Waals surface area contributed by atoms with Crippen LogP contribution in [0.4, 0.5) is 0 Å². The standard InChI is InChI=1S/C15H24N2O2/c1-2-3-4-5-6-7-11-19-14(15(16)18)13-9-8-10-17-12-13/h8-10,12,14H,2-7,11H2,1H3,(H2,16,18). The second kappa shape index (κ2) is 9.50. The van der Waals surface area contributed by atoms with E-state index in [4.69, 9.17) is 10.5 Å². The van der Waals surface area contributed by atoms with Gasteiger partial charge in [-0.25, -0.2) is 0 Å². The van der Waals surface area contributed by atoms with Crippen LogP contribution in [0, 0.1) is 0 Å². The average Bonchev–Trinajstić information content (AvgIpc) is 2.42. The maximum Gasteiger partial charge on any atom is 0.251 e. The number of amides is 1. The Morgan fingerprint density at radius 3 is 2.68 bits per heavy atom. The molecule has 1 rings (SSSR count). The van der Waals surface area contributed by atoms with Gasteiger partial charge in [-0.15, -0.1) is 0 Å². The molecule has 0 radical (unpaired) electrons. The third-order valence-corrected chi connectivity index (χ3v) is 3.03. The van der Waals surface area contributed by atoms with E-state index in [1.54, 1.807) is 18.5 Å². The van der Waals surface area contributed by atoms with Gasteiger partial charge in [-0.3, -0.25) is 9.78 Å². The van der Waals surface area contributed by atoms with E-state index in [0.29, 0.717) is 6.61 Å². The Kier molecular flexibility index (Phi) is 7.82. The first-order valence-corrected chi connectivity index (χ1v) is 7.06. The fraction of sp³-hybridized carbons (Fsp3) is 0.600. The summed E-state index contributed by atoms with van der Waals surface area (Å²) in [5, 5.41) is 0. The molecule has 0 aliphatic carbocycles. The lowest BCUT2D eigenvalue weighted by Crippen LogP contribution is -2.24. The molecule has 0 spiro atoms. The quantitative estimate of drug-likeness (QED) is 0.661. The minimum Gasteiger partial charge on any atom is -0.367 e. The SMILES string of the molecule is CCCCCCCCOC(C(N)=O)c1cccnc1. The highest BCUT2D eigenvalue weighted by molar-refractivity contribution is 5.80. The molecular formula is C15H24N2O2. The van der Waals surface area contributed by atoms with Crippen LogP contribution in [0.2, 0.25) is 0 Å². The lowest BCUT2D eigenvalue weighted by atomic mass is 10.1. The summed E-state index contributed by atoms with van der Waals surface area (Å²) in [4.78, 5) is 15.4. The van der Waals surface area contributed by atoms with E-state index in [0.717, 1.165) is 18.4 Å². The molecule has 1 unspecified atom stereocenters. The highest BCUT2D eigenvalue weighted by Crippen LogP contribution is 2.16. The molecule has 0 aliphatic rings. The van der Waals surface area contributed by atoms with Gasteiger partial charge in [-0.05, 0) is 12.5 Å². The molecule has 0 fully saturated rings. The molecule has 0 saturated carbocycles. The number of aromatic nitrogens is 1. The Balaban J connectivity index is 2.26. The van der Waals surface area contributed by atoms with Crippen molar-refractivity contribution in [2.75, 3.05) is 6.61 Å². The monoisotopic (exact) mass is 264 g/mol. The second-order valence-corrected chi connectivity index (χ2v) is 4.71. The highest BCUT2D eigenvalue weighted by atomic mass is 16.5. The molecule has 0 aliphatic heterocycles. The summed E-state index contributed by atoms with van der Waals surface area (Å²) >= 11 is 0. The Labute approximate surface area is 115 Å². The molecule has 4 heteroatoms. The summed E-state index contributed by atoms with van der Waals surface area (Å²) in [6.45, 7) is 2.77. The topological polar surface area (TPSA) is 65.2 Å². The van der Waals surface area contributed by atoms with Gasteiger partial charge < -0.3 is 10.5 Å². The van der Waals surface area contributed by atoms with Gasteiger partial charge in [0, 0.05) is 24.6 Å². The molecule has 19 heavy (non-hydrogen) atoms. The molecule has 1 aromatic heterocycles. The van der Waals surface area contributed by atoms with Crippen molar-refractivity contribution >= 4 is 5.91 Å². The molecule has 1 heterocycles. The highest BCUT2D eigenvalue weighted by Gasteiger charge is 2.18. The minimum atomic E-state index is -0.677. The van der Waals surface area contributed by atoms with Crippen LogP contribution in [0.15, 0.2) is 24.5 Å². The molecule has 4 nitrogen and oxygen atoms in total. The number of hydrogen-bond acceptors (Lipinski definition) is 3. The molecule has 1 atom stereocenters. The number of carbonyl (C=O) groups excluding carboxylic acids is 1. The zero-order chi connectivity index (χ0) is 13.9. The van der Waals surface area contributed by atoms with Gasteiger partial charge in [0.05, 0.1) is 0 Å². The first-order chi connectivity index (χ1) is 9.25. The van der Waals surface area contributed by atoms with Gasteiger partial charge in [0.1, 0.15) is 0 Å². The van der Waals surface area contributed by atoms with Crippen LogP contribution in [0.5, 0.6) is 0 Å². The Hall–Kier alpha value is -1.42. The number of nitrogens with two attached hydrogens (primary N) is 1. The molecule has 2 N–H and O–H groups in total. The van der Waals surface area contributed by atoms with Gasteiger partial charge in [0.2, 0.25) is 0 Å². The Morgan fingerprint density at radius 2 is 2.05 bits per heavy atom. The third-order valence-electron chi connectivity index (χ3n) is 3.03. The van der Waals surface area contributed by atoms with E-state index in [9.17, 15) is 4.79 Å². The average molecular weight is 264 g/mol. The molecule has 1 aromatic rings. The van der Waals surface area contributed by atoms with Crippen LogP contribution in [-0.2, 0) is 9.53 Å². The molecule has 1 amide bonds. The zero-order valence-corrected chi connectivity index (χ0v) is 11.7. The number of ether oxygens (including phenoxy) is 1. The van der Waals surface area contributed by atoms with E-state index in [2.05, 4.69) is 11.9 Å². The van der Waals surface area contributed by atoms with Crippen LogP contribution in [0.3, 0.4) is 0 Å². The van der Waals surface area contributed by atoms with Crippen molar-refractivity contribution in [3.05, 3.63) is 30.1 Å². The maximum absolute atomic E-state index is 11.4. The van der Waals surface area contributed by atoms with Crippen LogP contribution in [-0.4, -0.2) is 17.5 Å². The summed E-state index contributed by atoms with van der Waals surface area (Å²) in [5.74, 6) is -0.459. The molecule has 106 valence electrons.